The molecule has 7 heteroatoms. The second-order valence-corrected chi connectivity index (χ2v) is 10.2. The minimum atomic E-state index is -2.88. The Labute approximate surface area is 162 Å². The summed E-state index contributed by atoms with van der Waals surface area (Å²) in [5.74, 6) is 2.98. The minimum Gasteiger partial charge on any atom is -0.382 e. The zero-order valence-corrected chi connectivity index (χ0v) is 17.4. The largest absolute Gasteiger partial charge is 0.382 e. The number of nitrogens with zero attached hydrogens (tertiary/aromatic N) is 3. The van der Waals surface area contributed by atoms with Crippen LogP contribution < -0.4 is 5.73 Å². The summed E-state index contributed by atoms with van der Waals surface area (Å²) < 4.78 is 26.3. The molecule has 2 heterocycles. The summed E-state index contributed by atoms with van der Waals surface area (Å²) in [6.07, 6.45) is 9.67. The predicted molar refractivity (Wildman–Crippen MR) is 111 cm³/mol. The highest BCUT2D eigenvalue weighted by molar-refractivity contribution is 7.91. The summed E-state index contributed by atoms with van der Waals surface area (Å²) in [4.78, 5) is 9.06. The Hall–Kier alpha value is -1.63. The Morgan fingerprint density at radius 2 is 1.93 bits per heavy atom. The molecule has 2 N–H and O–H groups in total. The first-order chi connectivity index (χ1) is 12.9. The number of sulfone groups is 1. The normalized spacial score (nSPS) is 14.9. The highest BCUT2D eigenvalue weighted by atomic mass is 32.2. The van der Waals surface area contributed by atoms with Gasteiger partial charge in [0.2, 0.25) is 0 Å². The number of rotatable bonds is 11. The topological polar surface area (TPSA) is 90.9 Å². The van der Waals surface area contributed by atoms with Gasteiger partial charge in [-0.1, -0.05) is 19.8 Å². The summed E-state index contributed by atoms with van der Waals surface area (Å²) in [5, 5.41) is 0. The molecule has 0 radical (unpaired) electrons. The van der Waals surface area contributed by atoms with Crippen LogP contribution in [0.4, 0.5) is 5.82 Å². The first-order valence-electron chi connectivity index (χ1n) is 10.2. The maximum Gasteiger partial charge on any atom is 0.151 e. The summed E-state index contributed by atoms with van der Waals surface area (Å²) in [6.45, 7) is 4.93. The summed E-state index contributed by atoms with van der Waals surface area (Å²) in [7, 11) is -2.88. The van der Waals surface area contributed by atoms with Crippen molar-refractivity contribution >= 4 is 26.7 Å². The van der Waals surface area contributed by atoms with Gasteiger partial charge in [-0.15, -0.1) is 0 Å². The predicted octanol–water partition coefficient (Wildman–Crippen LogP) is 3.66. The molecule has 0 saturated heterocycles. The van der Waals surface area contributed by atoms with Gasteiger partial charge in [0.1, 0.15) is 21.2 Å². The van der Waals surface area contributed by atoms with E-state index in [0.29, 0.717) is 17.3 Å². The average Bonchev–Trinajstić information content (AvgIpc) is 3.36. The molecule has 150 valence electrons. The monoisotopic (exact) mass is 392 g/mol. The number of unbranched alkanes of at least 4 members (excludes halogenated alkanes) is 3. The Morgan fingerprint density at radius 1 is 1.19 bits per heavy atom. The van der Waals surface area contributed by atoms with Crippen molar-refractivity contribution in [2.24, 2.45) is 5.92 Å². The highest BCUT2D eigenvalue weighted by Crippen LogP contribution is 2.34. The van der Waals surface area contributed by atoms with Gasteiger partial charge in [0.25, 0.3) is 0 Å². The van der Waals surface area contributed by atoms with Gasteiger partial charge in [0, 0.05) is 19.2 Å². The van der Waals surface area contributed by atoms with Gasteiger partial charge in [0.05, 0.1) is 17.0 Å². The third kappa shape index (κ3) is 5.21. The Morgan fingerprint density at radius 3 is 2.63 bits per heavy atom. The molecule has 0 aliphatic heterocycles. The van der Waals surface area contributed by atoms with Crippen molar-refractivity contribution in [1.82, 2.24) is 14.5 Å². The van der Waals surface area contributed by atoms with Crippen molar-refractivity contribution in [1.29, 1.82) is 0 Å². The molecule has 0 aromatic carbocycles. The van der Waals surface area contributed by atoms with Crippen molar-refractivity contribution in [2.75, 3.05) is 17.2 Å². The summed E-state index contributed by atoms with van der Waals surface area (Å²) >= 11 is 0. The quantitative estimate of drug-likeness (QED) is 0.589. The first kappa shape index (κ1) is 20.1. The number of aromatic nitrogens is 3. The van der Waals surface area contributed by atoms with E-state index in [2.05, 4.69) is 9.55 Å². The third-order valence-corrected chi connectivity index (χ3v) is 7.20. The molecule has 0 bridgehead atoms. The van der Waals surface area contributed by atoms with Crippen LogP contribution >= 0.6 is 0 Å². The average molecular weight is 393 g/mol. The molecule has 1 saturated carbocycles. The number of hydrogen-bond donors (Lipinski definition) is 1. The number of nitrogens with two attached hydrogens (primary N) is 1. The molecule has 1 fully saturated rings. The van der Waals surface area contributed by atoms with Gasteiger partial charge in [-0.25, -0.2) is 18.4 Å². The van der Waals surface area contributed by atoms with Gasteiger partial charge in [-0.3, -0.25) is 0 Å². The highest BCUT2D eigenvalue weighted by Gasteiger charge is 2.25. The molecule has 2 aromatic rings. The Bertz CT molecular complexity index is 885. The van der Waals surface area contributed by atoms with Crippen LogP contribution in [0.1, 0.15) is 63.3 Å². The van der Waals surface area contributed by atoms with E-state index in [9.17, 15) is 8.42 Å². The molecular formula is C20H32N4O2S. The van der Waals surface area contributed by atoms with Crippen LogP contribution in [0.3, 0.4) is 0 Å². The number of imidazole rings is 1. The SMILES string of the molecule is CCCCS(=O)(=O)CCCCCn1c(CC2CC2)nc2c(N)ncc(C)c21. The lowest BCUT2D eigenvalue weighted by atomic mass is 10.2. The van der Waals surface area contributed by atoms with E-state index in [0.717, 1.165) is 73.4 Å². The van der Waals surface area contributed by atoms with Crippen LogP contribution in [0.5, 0.6) is 0 Å². The molecule has 27 heavy (non-hydrogen) atoms. The van der Waals surface area contributed by atoms with Crippen molar-refractivity contribution in [2.45, 2.75) is 71.8 Å². The molecule has 6 nitrogen and oxygen atoms in total. The lowest BCUT2D eigenvalue weighted by Gasteiger charge is -2.11. The fraction of sp³-hybridized carbons (Fsp3) is 0.700. The lowest BCUT2D eigenvalue weighted by Crippen LogP contribution is -2.11. The fourth-order valence-corrected chi connectivity index (χ4v) is 5.15. The van der Waals surface area contributed by atoms with Gasteiger partial charge in [-0.05, 0) is 50.5 Å². The van der Waals surface area contributed by atoms with Gasteiger partial charge in [0.15, 0.2) is 5.82 Å². The number of anilines is 1. The van der Waals surface area contributed by atoms with Gasteiger partial charge in [-0.2, -0.15) is 0 Å². The first-order valence-corrected chi connectivity index (χ1v) is 12.0. The van der Waals surface area contributed by atoms with Crippen molar-refractivity contribution in [3.05, 3.63) is 17.6 Å². The van der Waals surface area contributed by atoms with Gasteiger partial charge < -0.3 is 10.3 Å². The molecule has 1 aliphatic carbocycles. The number of aryl methyl sites for hydroxylation is 2. The van der Waals surface area contributed by atoms with Crippen LogP contribution in [0, 0.1) is 12.8 Å². The van der Waals surface area contributed by atoms with E-state index in [1.807, 2.05) is 20.0 Å². The van der Waals surface area contributed by atoms with E-state index in [-0.39, 0.29) is 0 Å². The van der Waals surface area contributed by atoms with E-state index >= 15 is 0 Å². The van der Waals surface area contributed by atoms with Crippen LogP contribution in [-0.2, 0) is 22.8 Å². The smallest absolute Gasteiger partial charge is 0.151 e. The molecule has 0 unspecified atom stereocenters. The van der Waals surface area contributed by atoms with Crippen molar-refractivity contribution in [3.8, 4) is 0 Å². The Balaban J connectivity index is 1.64. The maximum atomic E-state index is 12.0. The molecule has 2 aromatic heterocycles. The fourth-order valence-electron chi connectivity index (χ4n) is 3.58. The van der Waals surface area contributed by atoms with Crippen LogP contribution in [0.2, 0.25) is 0 Å². The van der Waals surface area contributed by atoms with Crippen LogP contribution in [-0.4, -0.2) is 34.5 Å². The number of fused-ring (bicyclic) bond motifs is 1. The Kier molecular flexibility index (Phi) is 6.40. The molecular weight excluding hydrogens is 360 g/mol. The molecule has 0 spiro atoms. The third-order valence-electron chi connectivity index (χ3n) is 5.37. The standard InChI is InChI=1S/C20H32N4O2S/c1-3-4-11-27(25,26)12-7-5-6-10-24-17(13-16-8-9-16)23-18-19(24)15(2)14-22-20(18)21/h14,16H,3-13H2,1-2H3,(H2,21,22). The lowest BCUT2D eigenvalue weighted by molar-refractivity contribution is 0.567. The summed E-state index contributed by atoms with van der Waals surface area (Å²) in [6, 6.07) is 0. The molecule has 1 aliphatic rings. The van der Waals surface area contributed by atoms with E-state index in [1.54, 1.807) is 0 Å². The molecule has 0 atom stereocenters. The maximum absolute atomic E-state index is 12.0. The minimum absolute atomic E-state index is 0.308. The number of pyridine rings is 1. The van der Waals surface area contributed by atoms with E-state index in [4.69, 9.17) is 10.7 Å². The molecule has 0 amide bonds. The van der Waals surface area contributed by atoms with E-state index in [1.165, 1.54) is 12.8 Å². The summed E-state index contributed by atoms with van der Waals surface area (Å²) in [5.41, 5.74) is 9.06. The van der Waals surface area contributed by atoms with Crippen molar-refractivity contribution < 1.29 is 8.42 Å². The zero-order valence-electron chi connectivity index (χ0n) is 16.6. The van der Waals surface area contributed by atoms with Crippen molar-refractivity contribution in [3.63, 3.8) is 0 Å². The second-order valence-electron chi connectivity index (χ2n) is 7.92. The van der Waals surface area contributed by atoms with Crippen LogP contribution in [0.25, 0.3) is 11.0 Å². The molecule has 3 rings (SSSR count). The van der Waals surface area contributed by atoms with Crippen LogP contribution in [0.15, 0.2) is 6.20 Å². The number of nitrogen functional groups attached to an aromatic ring is 1. The van der Waals surface area contributed by atoms with E-state index < -0.39 is 9.84 Å². The van der Waals surface area contributed by atoms with Gasteiger partial charge >= 0.3 is 0 Å². The number of hydrogen-bond acceptors (Lipinski definition) is 5. The second kappa shape index (κ2) is 8.59. The zero-order chi connectivity index (χ0) is 19.4.